The maximum atomic E-state index is 11.4. The normalized spacial score (nSPS) is 20.4. The smallest absolute Gasteiger partial charge is 0.339 e. The highest BCUT2D eigenvalue weighted by molar-refractivity contribution is 5.91. The average molecular weight is 282 g/mol. The van der Waals surface area contributed by atoms with Crippen LogP contribution in [0.5, 0.6) is 5.75 Å². The lowest BCUT2D eigenvalue weighted by Gasteiger charge is -2.34. The van der Waals surface area contributed by atoms with E-state index < -0.39 is 5.97 Å². The first kappa shape index (κ1) is 13.7. The van der Waals surface area contributed by atoms with Crippen molar-refractivity contribution in [2.75, 3.05) is 0 Å². The summed E-state index contributed by atoms with van der Waals surface area (Å²) in [7, 11) is 0. The number of fused-ring (bicyclic) bond motifs is 1. The molecule has 0 saturated carbocycles. The Kier molecular flexibility index (Phi) is 3.65. The highest BCUT2D eigenvalue weighted by atomic mass is 16.5. The Hall–Kier alpha value is -2.29. The SMILES string of the molecule is CCC1Cc2cccc(C(=O)O)c2OC1c1ccccc1. The molecular formula is C18H18O3. The summed E-state index contributed by atoms with van der Waals surface area (Å²) in [5, 5.41) is 9.34. The van der Waals surface area contributed by atoms with E-state index in [1.54, 1.807) is 12.1 Å². The first-order chi connectivity index (χ1) is 10.2. The van der Waals surface area contributed by atoms with Crippen molar-refractivity contribution in [2.24, 2.45) is 5.92 Å². The third-order valence-electron chi connectivity index (χ3n) is 4.13. The highest BCUT2D eigenvalue weighted by Crippen LogP contribution is 2.41. The molecule has 21 heavy (non-hydrogen) atoms. The number of aromatic carboxylic acids is 1. The molecule has 0 fully saturated rings. The Morgan fingerprint density at radius 3 is 2.62 bits per heavy atom. The largest absolute Gasteiger partial charge is 0.484 e. The second-order valence-corrected chi connectivity index (χ2v) is 5.42. The standard InChI is InChI=1S/C18H18O3/c1-2-12-11-14-9-6-10-15(18(19)20)17(14)21-16(12)13-7-4-3-5-8-13/h3-10,12,16H,2,11H2,1H3,(H,19,20). The van der Waals surface area contributed by atoms with Crippen molar-refractivity contribution in [3.63, 3.8) is 0 Å². The molecular weight excluding hydrogens is 264 g/mol. The molecule has 0 spiro atoms. The van der Waals surface area contributed by atoms with Crippen LogP contribution in [-0.4, -0.2) is 11.1 Å². The van der Waals surface area contributed by atoms with Gasteiger partial charge in [0.1, 0.15) is 17.4 Å². The summed E-state index contributed by atoms with van der Waals surface area (Å²) >= 11 is 0. The van der Waals surface area contributed by atoms with Crippen molar-refractivity contribution in [3.8, 4) is 5.75 Å². The van der Waals surface area contributed by atoms with Gasteiger partial charge in [0.2, 0.25) is 0 Å². The van der Waals surface area contributed by atoms with E-state index in [9.17, 15) is 9.90 Å². The van der Waals surface area contributed by atoms with Crippen LogP contribution in [0, 0.1) is 5.92 Å². The zero-order valence-electron chi connectivity index (χ0n) is 12.0. The van der Waals surface area contributed by atoms with E-state index >= 15 is 0 Å². The Morgan fingerprint density at radius 2 is 1.95 bits per heavy atom. The summed E-state index contributed by atoms with van der Waals surface area (Å²) in [5.41, 5.74) is 2.35. The number of carboxylic acid groups (broad SMARTS) is 1. The molecule has 1 aliphatic heterocycles. The molecule has 2 aromatic carbocycles. The minimum atomic E-state index is -0.936. The van der Waals surface area contributed by atoms with Crippen LogP contribution in [-0.2, 0) is 6.42 Å². The summed E-state index contributed by atoms with van der Waals surface area (Å²) in [6, 6.07) is 15.4. The third kappa shape index (κ3) is 2.51. The van der Waals surface area contributed by atoms with E-state index in [0.29, 0.717) is 11.7 Å². The fourth-order valence-corrected chi connectivity index (χ4v) is 3.01. The Labute approximate surface area is 124 Å². The summed E-state index contributed by atoms with van der Waals surface area (Å²) in [4.78, 5) is 11.4. The first-order valence-corrected chi connectivity index (χ1v) is 7.27. The van der Waals surface area contributed by atoms with Gasteiger partial charge in [0.25, 0.3) is 0 Å². The Bertz CT molecular complexity index is 649. The molecule has 0 radical (unpaired) electrons. The predicted molar refractivity (Wildman–Crippen MR) is 80.7 cm³/mol. The first-order valence-electron chi connectivity index (χ1n) is 7.27. The van der Waals surface area contributed by atoms with Gasteiger partial charge in [-0.25, -0.2) is 4.79 Å². The lowest BCUT2D eigenvalue weighted by Crippen LogP contribution is -2.26. The molecule has 0 aliphatic carbocycles. The molecule has 1 heterocycles. The van der Waals surface area contributed by atoms with Gasteiger partial charge in [-0.05, 0) is 30.0 Å². The predicted octanol–water partition coefficient (Wildman–Crippen LogP) is 4.09. The van der Waals surface area contributed by atoms with Gasteiger partial charge < -0.3 is 9.84 Å². The molecule has 2 atom stereocenters. The van der Waals surface area contributed by atoms with Crippen molar-refractivity contribution in [1.82, 2.24) is 0 Å². The minimum Gasteiger partial charge on any atom is -0.484 e. The number of para-hydroxylation sites is 1. The summed E-state index contributed by atoms with van der Waals surface area (Å²) in [5.74, 6) is -0.0406. The molecule has 2 aromatic rings. The number of carboxylic acids is 1. The number of ether oxygens (including phenoxy) is 1. The van der Waals surface area contributed by atoms with Crippen molar-refractivity contribution in [2.45, 2.75) is 25.9 Å². The fourth-order valence-electron chi connectivity index (χ4n) is 3.01. The van der Waals surface area contributed by atoms with Crippen LogP contribution < -0.4 is 4.74 Å². The molecule has 1 aliphatic rings. The summed E-state index contributed by atoms with van der Waals surface area (Å²) in [6.45, 7) is 2.15. The number of carbonyl (C=O) groups is 1. The molecule has 0 aromatic heterocycles. The molecule has 3 nitrogen and oxygen atoms in total. The van der Waals surface area contributed by atoms with Crippen LogP contribution >= 0.6 is 0 Å². The van der Waals surface area contributed by atoms with Crippen LogP contribution in [0.25, 0.3) is 0 Å². The number of rotatable bonds is 3. The van der Waals surface area contributed by atoms with Gasteiger partial charge in [0.05, 0.1) is 0 Å². The van der Waals surface area contributed by atoms with Crippen molar-refractivity contribution in [3.05, 3.63) is 65.2 Å². The van der Waals surface area contributed by atoms with Gasteiger partial charge >= 0.3 is 5.97 Å². The van der Waals surface area contributed by atoms with Gasteiger partial charge in [-0.15, -0.1) is 0 Å². The van der Waals surface area contributed by atoms with Crippen molar-refractivity contribution < 1.29 is 14.6 Å². The Balaban J connectivity index is 2.04. The van der Waals surface area contributed by atoms with E-state index in [2.05, 4.69) is 6.92 Å². The van der Waals surface area contributed by atoms with Crippen molar-refractivity contribution >= 4 is 5.97 Å². The molecule has 2 unspecified atom stereocenters. The minimum absolute atomic E-state index is 0.0794. The van der Waals surface area contributed by atoms with E-state index in [1.807, 2.05) is 36.4 Å². The fraction of sp³-hybridized carbons (Fsp3) is 0.278. The molecule has 0 saturated heterocycles. The molecule has 0 bridgehead atoms. The molecule has 1 N–H and O–H groups in total. The third-order valence-corrected chi connectivity index (χ3v) is 4.13. The number of benzene rings is 2. The van der Waals surface area contributed by atoms with Crippen LogP contribution in [0.1, 0.15) is 40.9 Å². The van der Waals surface area contributed by atoms with Gasteiger partial charge in [0, 0.05) is 5.92 Å². The van der Waals surface area contributed by atoms with E-state index in [0.717, 1.165) is 24.0 Å². The lowest BCUT2D eigenvalue weighted by molar-refractivity contribution is 0.0671. The molecule has 108 valence electrons. The maximum Gasteiger partial charge on any atom is 0.339 e. The van der Waals surface area contributed by atoms with Crippen molar-refractivity contribution in [1.29, 1.82) is 0 Å². The second kappa shape index (κ2) is 5.60. The van der Waals surface area contributed by atoms with Gasteiger partial charge in [0.15, 0.2) is 0 Å². The summed E-state index contributed by atoms with van der Waals surface area (Å²) < 4.78 is 6.13. The van der Waals surface area contributed by atoms with Crippen LogP contribution in [0.15, 0.2) is 48.5 Å². The topological polar surface area (TPSA) is 46.5 Å². The monoisotopic (exact) mass is 282 g/mol. The van der Waals surface area contributed by atoms with E-state index in [-0.39, 0.29) is 11.7 Å². The zero-order valence-corrected chi connectivity index (χ0v) is 12.0. The molecule has 0 amide bonds. The van der Waals surface area contributed by atoms with Gasteiger partial charge in [-0.1, -0.05) is 49.4 Å². The molecule has 3 heteroatoms. The van der Waals surface area contributed by atoms with Gasteiger partial charge in [-0.3, -0.25) is 0 Å². The van der Waals surface area contributed by atoms with Gasteiger partial charge in [-0.2, -0.15) is 0 Å². The van der Waals surface area contributed by atoms with Crippen LogP contribution in [0.2, 0.25) is 0 Å². The highest BCUT2D eigenvalue weighted by Gasteiger charge is 2.32. The number of hydrogen-bond donors (Lipinski definition) is 1. The van der Waals surface area contributed by atoms with E-state index in [4.69, 9.17) is 4.74 Å². The quantitative estimate of drug-likeness (QED) is 0.922. The Morgan fingerprint density at radius 1 is 1.19 bits per heavy atom. The van der Waals surface area contributed by atoms with Crippen LogP contribution in [0.3, 0.4) is 0 Å². The zero-order chi connectivity index (χ0) is 14.8. The summed E-state index contributed by atoms with van der Waals surface area (Å²) in [6.07, 6.45) is 1.77. The second-order valence-electron chi connectivity index (χ2n) is 5.42. The molecule has 3 rings (SSSR count). The number of hydrogen-bond acceptors (Lipinski definition) is 2. The van der Waals surface area contributed by atoms with E-state index in [1.165, 1.54) is 0 Å². The average Bonchev–Trinajstić information content (AvgIpc) is 2.53. The lowest BCUT2D eigenvalue weighted by atomic mass is 9.84. The van der Waals surface area contributed by atoms with Crippen LogP contribution in [0.4, 0.5) is 0 Å². The maximum absolute atomic E-state index is 11.4.